The van der Waals surface area contributed by atoms with Crippen molar-refractivity contribution in [2.24, 2.45) is 5.92 Å². The summed E-state index contributed by atoms with van der Waals surface area (Å²) in [5.41, 5.74) is 2.11. The number of hydrogen-bond donors (Lipinski definition) is 0. The van der Waals surface area contributed by atoms with Gasteiger partial charge in [-0.3, -0.25) is 0 Å². The molecule has 2 aromatic carbocycles. The van der Waals surface area contributed by atoms with Gasteiger partial charge in [0.15, 0.2) is 0 Å². The zero-order chi connectivity index (χ0) is 20.1. The fourth-order valence-electron chi connectivity index (χ4n) is 4.09. The molecule has 1 atom stereocenters. The van der Waals surface area contributed by atoms with Gasteiger partial charge in [0.25, 0.3) is 0 Å². The van der Waals surface area contributed by atoms with E-state index in [4.69, 9.17) is 4.74 Å². The summed E-state index contributed by atoms with van der Waals surface area (Å²) in [5.74, 6) is 0.517. The van der Waals surface area contributed by atoms with Gasteiger partial charge in [-0.05, 0) is 43.2 Å². The van der Waals surface area contributed by atoms with E-state index in [1.807, 2.05) is 0 Å². The van der Waals surface area contributed by atoms with E-state index in [1.165, 1.54) is 43.2 Å². The predicted molar refractivity (Wildman–Crippen MR) is 122 cm³/mol. The van der Waals surface area contributed by atoms with Crippen molar-refractivity contribution in [3.8, 4) is 0 Å². The molecule has 1 unspecified atom stereocenters. The molecule has 0 amide bonds. The SMILES string of the molecule is CCC=CC(CCCCCC)CC(OCC)(c1ccccc1)c1ccccc1. The highest BCUT2D eigenvalue weighted by atomic mass is 16.5. The van der Waals surface area contributed by atoms with Gasteiger partial charge in [-0.25, -0.2) is 0 Å². The van der Waals surface area contributed by atoms with Gasteiger partial charge in [0, 0.05) is 6.61 Å². The summed E-state index contributed by atoms with van der Waals surface area (Å²) in [7, 11) is 0. The molecule has 2 rings (SSSR count). The lowest BCUT2D eigenvalue weighted by molar-refractivity contribution is -0.0260. The molecule has 0 aliphatic rings. The van der Waals surface area contributed by atoms with E-state index in [-0.39, 0.29) is 0 Å². The minimum absolute atomic E-state index is 0.398. The smallest absolute Gasteiger partial charge is 0.119 e. The fraction of sp³-hybridized carbons (Fsp3) is 0.481. The van der Waals surface area contributed by atoms with Crippen LogP contribution in [0.1, 0.15) is 76.8 Å². The molecule has 0 bridgehead atoms. The Morgan fingerprint density at radius 3 is 1.93 bits per heavy atom. The number of ether oxygens (including phenoxy) is 1. The topological polar surface area (TPSA) is 9.23 Å². The molecule has 1 heteroatoms. The Hall–Kier alpha value is -1.86. The molecule has 0 fully saturated rings. The highest BCUT2D eigenvalue weighted by molar-refractivity contribution is 5.37. The molecule has 0 heterocycles. The highest BCUT2D eigenvalue weighted by Gasteiger charge is 2.36. The molecule has 0 saturated heterocycles. The van der Waals surface area contributed by atoms with Gasteiger partial charge < -0.3 is 4.74 Å². The van der Waals surface area contributed by atoms with Crippen LogP contribution < -0.4 is 0 Å². The summed E-state index contributed by atoms with van der Waals surface area (Å²) in [6, 6.07) is 21.6. The molecular weight excluding hydrogens is 340 g/mol. The van der Waals surface area contributed by atoms with E-state index < -0.39 is 5.60 Å². The molecule has 0 aliphatic carbocycles. The number of rotatable bonds is 13. The average Bonchev–Trinajstić information content (AvgIpc) is 2.75. The van der Waals surface area contributed by atoms with Gasteiger partial charge >= 0.3 is 0 Å². The Balaban J connectivity index is 2.39. The second-order valence-electron chi connectivity index (χ2n) is 7.64. The van der Waals surface area contributed by atoms with Crippen molar-refractivity contribution in [1.82, 2.24) is 0 Å². The Kier molecular flexibility index (Phi) is 10.1. The second kappa shape index (κ2) is 12.6. The van der Waals surface area contributed by atoms with Crippen molar-refractivity contribution in [2.75, 3.05) is 6.61 Å². The van der Waals surface area contributed by atoms with Crippen LogP contribution >= 0.6 is 0 Å². The molecule has 152 valence electrons. The summed E-state index contributed by atoms with van der Waals surface area (Å²) >= 11 is 0. The Bertz CT molecular complexity index is 620. The van der Waals surface area contributed by atoms with Crippen LogP contribution in [0.5, 0.6) is 0 Å². The maximum Gasteiger partial charge on any atom is 0.119 e. The monoisotopic (exact) mass is 378 g/mol. The first-order chi connectivity index (χ1) is 13.8. The zero-order valence-corrected chi connectivity index (χ0v) is 18.1. The number of benzene rings is 2. The first-order valence-corrected chi connectivity index (χ1v) is 11.2. The third-order valence-corrected chi connectivity index (χ3v) is 5.49. The largest absolute Gasteiger partial charge is 0.366 e. The normalized spacial score (nSPS) is 13.1. The third kappa shape index (κ3) is 6.34. The van der Waals surface area contributed by atoms with Crippen molar-refractivity contribution in [3.05, 3.63) is 83.9 Å². The van der Waals surface area contributed by atoms with E-state index in [9.17, 15) is 0 Å². The molecule has 0 radical (unpaired) electrons. The first kappa shape index (κ1) is 22.4. The van der Waals surface area contributed by atoms with Gasteiger partial charge in [-0.1, -0.05) is 112 Å². The third-order valence-electron chi connectivity index (χ3n) is 5.49. The molecule has 2 aromatic rings. The number of allylic oxidation sites excluding steroid dienone is 2. The lowest BCUT2D eigenvalue weighted by Gasteiger charge is -2.37. The van der Waals surface area contributed by atoms with Gasteiger partial charge in [-0.2, -0.15) is 0 Å². The Labute approximate surface area is 172 Å². The molecule has 28 heavy (non-hydrogen) atoms. The van der Waals surface area contributed by atoms with E-state index >= 15 is 0 Å². The van der Waals surface area contributed by atoms with Crippen molar-refractivity contribution >= 4 is 0 Å². The Morgan fingerprint density at radius 2 is 1.43 bits per heavy atom. The van der Waals surface area contributed by atoms with E-state index in [0.717, 1.165) is 12.8 Å². The molecule has 1 nitrogen and oxygen atoms in total. The number of unbranched alkanes of at least 4 members (excludes halogenated alkanes) is 3. The fourth-order valence-corrected chi connectivity index (χ4v) is 4.09. The summed E-state index contributed by atoms with van der Waals surface area (Å²) in [5, 5.41) is 0. The van der Waals surface area contributed by atoms with Crippen LogP contribution in [0.3, 0.4) is 0 Å². The van der Waals surface area contributed by atoms with Crippen LogP contribution in [0.2, 0.25) is 0 Å². The van der Waals surface area contributed by atoms with E-state index in [2.05, 4.69) is 93.6 Å². The van der Waals surface area contributed by atoms with Crippen LogP contribution in [0.15, 0.2) is 72.8 Å². The van der Waals surface area contributed by atoms with Gasteiger partial charge in [0.05, 0.1) is 0 Å². The second-order valence-corrected chi connectivity index (χ2v) is 7.64. The van der Waals surface area contributed by atoms with Gasteiger partial charge in [-0.15, -0.1) is 0 Å². The standard InChI is InChI=1S/C27H38O/c1-4-7-9-12-18-24(17-8-5-2)23-27(28-6-3,25-19-13-10-14-20-25)26-21-15-11-16-22-26/h8,10-11,13-17,19-22,24H,4-7,9,12,18,23H2,1-3H3. The highest BCUT2D eigenvalue weighted by Crippen LogP contribution is 2.41. The predicted octanol–water partition coefficient (Wildman–Crippen LogP) is 7.91. The Morgan fingerprint density at radius 1 is 0.821 bits per heavy atom. The van der Waals surface area contributed by atoms with Crippen LogP contribution in [-0.4, -0.2) is 6.61 Å². The first-order valence-electron chi connectivity index (χ1n) is 11.2. The maximum atomic E-state index is 6.61. The average molecular weight is 379 g/mol. The molecule has 0 aromatic heterocycles. The molecule has 0 aliphatic heterocycles. The van der Waals surface area contributed by atoms with Gasteiger partial charge in [0.1, 0.15) is 5.60 Å². The van der Waals surface area contributed by atoms with Crippen LogP contribution in [0, 0.1) is 5.92 Å². The van der Waals surface area contributed by atoms with Crippen molar-refractivity contribution in [2.45, 2.75) is 71.3 Å². The molecule has 0 saturated carbocycles. The summed E-state index contributed by atoms with van der Waals surface area (Å²) < 4.78 is 6.61. The maximum absolute atomic E-state index is 6.61. The lowest BCUT2D eigenvalue weighted by atomic mass is 9.77. The zero-order valence-electron chi connectivity index (χ0n) is 18.1. The minimum atomic E-state index is -0.398. The van der Waals surface area contributed by atoms with Crippen molar-refractivity contribution < 1.29 is 4.74 Å². The lowest BCUT2D eigenvalue weighted by Crippen LogP contribution is -2.33. The quantitative estimate of drug-likeness (QED) is 0.254. The minimum Gasteiger partial charge on any atom is -0.366 e. The van der Waals surface area contributed by atoms with Crippen LogP contribution in [0.25, 0.3) is 0 Å². The van der Waals surface area contributed by atoms with E-state index in [1.54, 1.807) is 0 Å². The molecular formula is C27H38O. The van der Waals surface area contributed by atoms with Crippen molar-refractivity contribution in [1.29, 1.82) is 0 Å². The van der Waals surface area contributed by atoms with Crippen molar-refractivity contribution in [3.63, 3.8) is 0 Å². The van der Waals surface area contributed by atoms with Crippen LogP contribution in [0.4, 0.5) is 0 Å². The van der Waals surface area contributed by atoms with Crippen LogP contribution in [-0.2, 0) is 10.3 Å². The summed E-state index contributed by atoms with van der Waals surface area (Å²) in [6.07, 6.45) is 13.3. The summed E-state index contributed by atoms with van der Waals surface area (Å²) in [4.78, 5) is 0. The number of hydrogen-bond acceptors (Lipinski definition) is 1. The van der Waals surface area contributed by atoms with Gasteiger partial charge in [0.2, 0.25) is 0 Å². The summed E-state index contributed by atoms with van der Waals surface area (Å²) in [6.45, 7) is 7.30. The molecule has 0 spiro atoms. The van der Waals surface area contributed by atoms with E-state index in [0.29, 0.717) is 12.5 Å². The molecule has 0 N–H and O–H groups in total.